The average molecular weight is 228 g/mol. The average Bonchev–Trinajstić information content (AvgIpc) is 2.67. The first kappa shape index (κ1) is 10.3. The number of anilines is 1. The summed E-state index contributed by atoms with van der Waals surface area (Å²) in [5.41, 5.74) is 3.42. The summed E-state index contributed by atoms with van der Waals surface area (Å²) >= 11 is 0. The molecule has 0 bridgehead atoms. The van der Waals surface area contributed by atoms with Gasteiger partial charge in [0.05, 0.1) is 5.69 Å². The predicted octanol–water partition coefficient (Wildman–Crippen LogP) is 2.32. The normalized spacial score (nSPS) is 18.6. The molecule has 0 fully saturated rings. The van der Waals surface area contributed by atoms with E-state index in [0.717, 1.165) is 30.2 Å². The molecule has 1 aliphatic rings. The topological polar surface area (TPSA) is 42.7 Å². The molecular formula is C13H16N4. The number of hydrogen-bond acceptors (Lipinski definition) is 3. The van der Waals surface area contributed by atoms with Crippen LogP contribution in [-0.2, 0) is 6.54 Å². The lowest BCUT2D eigenvalue weighted by Crippen LogP contribution is -2.25. The summed E-state index contributed by atoms with van der Waals surface area (Å²) in [6, 6.07) is 4.01. The molecular weight excluding hydrogens is 212 g/mol. The minimum Gasteiger partial charge on any atom is -0.370 e. The van der Waals surface area contributed by atoms with E-state index in [1.165, 1.54) is 5.56 Å². The van der Waals surface area contributed by atoms with Gasteiger partial charge < -0.3 is 5.32 Å². The van der Waals surface area contributed by atoms with Gasteiger partial charge in [0.1, 0.15) is 5.82 Å². The Morgan fingerprint density at radius 1 is 1.35 bits per heavy atom. The van der Waals surface area contributed by atoms with Crippen LogP contribution in [-0.4, -0.2) is 21.3 Å². The third-order valence-electron chi connectivity index (χ3n) is 3.25. The first-order valence-electron chi connectivity index (χ1n) is 5.97. The minimum atomic E-state index is 0.632. The van der Waals surface area contributed by atoms with Gasteiger partial charge in [0, 0.05) is 36.6 Å². The highest BCUT2D eigenvalue weighted by Gasteiger charge is 2.20. The van der Waals surface area contributed by atoms with Crippen LogP contribution >= 0.6 is 0 Å². The number of hydrogen-bond donors (Lipinski definition) is 1. The van der Waals surface area contributed by atoms with E-state index in [-0.39, 0.29) is 0 Å². The Balaban J connectivity index is 2.08. The second kappa shape index (κ2) is 3.87. The summed E-state index contributed by atoms with van der Waals surface area (Å²) in [7, 11) is 0. The summed E-state index contributed by atoms with van der Waals surface area (Å²) in [5.74, 6) is 1.79. The zero-order chi connectivity index (χ0) is 11.8. The number of aromatic nitrogens is 3. The predicted molar refractivity (Wildman–Crippen MR) is 67.8 cm³/mol. The lowest BCUT2D eigenvalue weighted by atomic mass is 10.1. The maximum Gasteiger partial charge on any atom is 0.127 e. The Hall–Kier alpha value is -1.84. The first-order valence-corrected chi connectivity index (χ1v) is 5.97. The van der Waals surface area contributed by atoms with Crippen LogP contribution in [0.4, 0.5) is 5.82 Å². The van der Waals surface area contributed by atoms with Crippen LogP contribution in [0.25, 0.3) is 11.3 Å². The van der Waals surface area contributed by atoms with Gasteiger partial charge in [-0.3, -0.25) is 4.98 Å². The molecule has 0 aromatic carbocycles. The van der Waals surface area contributed by atoms with E-state index in [1.54, 1.807) is 0 Å². The number of fused-ring (bicyclic) bond motifs is 1. The maximum atomic E-state index is 4.70. The van der Waals surface area contributed by atoms with Gasteiger partial charge >= 0.3 is 0 Å². The molecule has 0 radical (unpaired) electrons. The zero-order valence-electron chi connectivity index (χ0n) is 10.1. The fourth-order valence-electron chi connectivity index (χ4n) is 2.32. The summed E-state index contributed by atoms with van der Waals surface area (Å²) in [6.45, 7) is 6.38. The highest BCUT2D eigenvalue weighted by molar-refractivity contribution is 5.68. The monoisotopic (exact) mass is 228 g/mol. The van der Waals surface area contributed by atoms with Crippen LogP contribution in [0.5, 0.6) is 0 Å². The van der Waals surface area contributed by atoms with Crippen molar-refractivity contribution in [2.24, 2.45) is 5.92 Å². The lowest BCUT2D eigenvalue weighted by molar-refractivity contribution is 0.445. The van der Waals surface area contributed by atoms with Crippen molar-refractivity contribution in [1.29, 1.82) is 0 Å². The molecule has 1 N–H and O–H groups in total. The summed E-state index contributed by atoms with van der Waals surface area (Å²) < 4.78 is 2.08. The molecule has 0 spiro atoms. The van der Waals surface area contributed by atoms with Crippen LogP contribution in [0.2, 0.25) is 0 Å². The van der Waals surface area contributed by atoms with Gasteiger partial charge in [-0.2, -0.15) is 5.10 Å². The minimum absolute atomic E-state index is 0.632. The van der Waals surface area contributed by atoms with Crippen LogP contribution in [0.3, 0.4) is 0 Å². The second-order valence-electron chi connectivity index (χ2n) is 4.73. The van der Waals surface area contributed by atoms with E-state index in [9.17, 15) is 0 Å². The van der Waals surface area contributed by atoms with E-state index in [1.807, 2.05) is 24.5 Å². The fourth-order valence-corrected chi connectivity index (χ4v) is 2.32. The second-order valence-corrected chi connectivity index (χ2v) is 4.73. The third kappa shape index (κ3) is 1.69. The third-order valence-corrected chi connectivity index (χ3v) is 3.25. The molecule has 3 heterocycles. The fraction of sp³-hybridized carbons (Fsp3) is 0.385. The van der Waals surface area contributed by atoms with Crippen LogP contribution in [0.1, 0.15) is 12.5 Å². The molecule has 0 aliphatic carbocycles. The van der Waals surface area contributed by atoms with E-state index in [4.69, 9.17) is 5.10 Å². The molecule has 1 atom stereocenters. The summed E-state index contributed by atoms with van der Waals surface area (Å²) in [4.78, 5) is 4.04. The number of rotatable bonds is 1. The largest absolute Gasteiger partial charge is 0.370 e. The lowest BCUT2D eigenvalue weighted by Gasteiger charge is -2.21. The van der Waals surface area contributed by atoms with Crippen LogP contribution < -0.4 is 5.32 Å². The smallest absolute Gasteiger partial charge is 0.127 e. The van der Waals surface area contributed by atoms with Crippen LogP contribution in [0, 0.1) is 12.8 Å². The first-order chi connectivity index (χ1) is 8.25. The highest BCUT2D eigenvalue weighted by atomic mass is 15.3. The Morgan fingerprint density at radius 2 is 2.12 bits per heavy atom. The van der Waals surface area contributed by atoms with Gasteiger partial charge in [0.2, 0.25) is 0 Å². The van der Waals surface area contributed by atoms with Crippen molar-refractivity contribution in [3.8, 4) is 11.3 Å². The van der Waals surface area contributed by atoms with Crippen molar-refractivity contribution >= 4 is 5.82 Å². The van der Waals surface area contributed by atoms with E-state index in [0.29, 0.717) is 5.92 Å². The SMILES string of the molecule is Cc1c(-c2ccncc2)nn2c1NCC(C)C2. The Morgan fingerprint density at radius 3 is 2.88 bits per heavy atom. The standard InChI is InChI=1S/C13H16N4/c1-9-7-15-13-10(2)12(16-17(13)8-9)11-3-5-14-6-4-11/h3-6,9,15H,7-8H2,1-2H3. The summed E-state index contributed by atoms with van der Waals surface area (Å²) in [5, 5.41) is 8.15. The molecule has 3 rings (SSSR count). The highest BCUT2D eigenvalue weighted by Crippen LogP contribution is 2.30. The molecule has 0 saturated carbocycles. The van der Waals surface area contributed by atoms with Gasteiger partial charge in [-0.15, -0.1) is 0 Å². The van der Waals surface area contributed by atoms with Crippen molar-refractivity contribution in [1.82, 2.24) is 14.8 Å². The Bertz CT molecular complexity index is 530. The van der Waals surface area contributed by atoms with Crippen molar-refractivity contribution < 1.29 is 0 Å². The van der Waals surface area contributed by atoms with Gasteiger partial charge in [0.15, 0.2) is 0 Å². The van der Waals surface area contributed by atoms with Gasteiger partial charge in [-0.1, -0.05) is 6.92 Å². The quantitative estimate of drug-likeness (QED) is 0.814. The molecule has 1 unspecified atom stereocenters. The maximum absolute atomic E-state index is 4.70. The van der Waals surface area contributed by atoms with E-state index >= 15 is 0 Å². The van der Waals surface area contributed by atoms with Crippen molar-refractivity contribution in [3.05, 3.63) is 30.1 Å². The molecule has 4 nitrogen and oxygen atoms in total. The molecule has 1 aliphatic heterocycles. The Labute approximate surface area is 101 Å². The van der Waals surface area contributed by atoms with Gasteiger partial charge in [-0.05, 0) is 25.0 Å². The summed E-state index contributed by atoms with van der Waals surface area (Å²) in [6.07, 6.45) is 3.62. The van der Waals surface area contributed by atoms with Gasteiger partial charge in [-0.25, -0.2) is 4.68 Å². The van der Waals surface area contributed by atoms with Crippen molar-refractivity contribution in [2.75, 3.05) is 11.9 Å². The molecule has 2 aromatic heterocycles. The van der Waals surface area contributed by atoms with E-state index in [2.05, 4.69) is 28.8 Å². The Kier molecular flexibility index (Phi) is 2.35. The van der Waals surface area contributed by atoms with Crippen LogP contribution in [0.15, 0.2) is 24.5 Å². The molecule has 4 heteroatoms. The number of nitrogens with zero attached hydrogens (tertiary/aromatic N) is 3. The molecule has 0 amide bonds. The molecule has 0 saturated heterocycles. The molecule has 88 valence electrons. The zero-order valence-corrected chi connectivity index (χ0v) is 10.1. The number of pyridine rings is 1. The molecule has 2 aromatic rings. The number of nitrogens with one attached hydrogen (secondary N) is 1. The van der Waals surface area contributed by atoms with E-state index < -0.39 is 0 Å². The van der Waals surface area contributed by atoms with Gasteiger partial charge in [0.25, 0.3) is 0 Å². The molecule has 17 heavy (non-hydrogen) atoms. The van der Waals surface area contributed by atoms with Crippen molar-refractivity contribution in [3.63, 3.8) is 0 Å². The van der Waals surface area contributed by atoms with Crippen molar-refractivity contribution in [2.45, 2.75) is 20.4 Å².